The second-order valence-electron chi connectivity index (χ2n) is 4.36. The molecular formula is C14H15ClN2O3S. The molecule has 0 bridgehead atoms. The topological polar surface area (TPSA) is 65.2 Å². The summed E-state index contributed by atoms with van der Waals surface area (Å²) in [5, 5.41) is 8.98. The first-order valence-electron chi connectivity index (χ1n) is 6.46. The molecule has 0 radical (unpaired) electrons. The Labute approximate surface area is 132 Å². The lowest BCUT2D eigenvalue weighted by atomic mass is 10.3. The number of rotatable bonds is 8. The number of aromatic nitrogens is 2. The van der Waals surface area contributed by atoms with Crippen molar-refractivity contribution >= 4 is 29.1 Å². The van der Waals surface area contributed by atoms with Gasteiger partial charge in [0.15, 0.2) is 6.61 Å². The number of benzene rings is 1. The van der Waals surface area contributed by atoms with Gasteiger partial charge in [-0.3, -0.25) is 0 Å². The van der Waals surface area contributed by atoms with Gasteiger partial charge in [-0.15, -0.1) is 10.2 Å². The number of ether oxygens (including phenoxy) is 1. The van der Waals surface area contributed by atoms with E-state index < -0.39 is 0 Å². The summed E-state index contributed by atoms with van der Waals surface area (Å²) in [7, 11) is 0. The number of hydrogen-bond donors (Lipinski definition) is 0. The zero-order chi connectivity index (χ0) is 15.1. The fourth-order valence-electron chi connectivity index (χ4n) is 1.51. The summed E-state index contributed by atoms with van der Waals surface area (Å²) in [6, 6.07) is 7.05. The molecule has 0 atom stereocenters. The van der Waals surface area contributed by atoms with Crippen LogP contribution >= 0.6 is 23.4 Å². The lowest BCUT2D eigenvalue weighted by Gasteiger charge is -2.02. The van der Waals surface area contributed by atoms with Crippen LogP contribution in [-0.2, 0) is 11.4 Å². The van der Waals surface area contributed by atoms with Crippen LogP contribution in [0.4, 0.5) is 0 Å². The highest BCUT2D eigenvalue weighted by atomic mass is 35.5. The smallest absolute Gasteiger partial charge is 0.276 e. The zero-order valence-electron chi connectivity index (χ0n) is 11.5. The number of carbonyl (C=O) groups excluding carboxylic acids is 1. The van der Waals surface area contributed by atoms with Crippen LogP contribution < -0.4 is 4.74 Å². The van der Waals surface area contributed by atoms with Gasteiger partial charge in [-0.05, 0) is 37.6 Å². The molecule has 2 aromatic rings. The Morgan fingerprint density at radius 1 is 1.33 bits per heavy atom. The normalized spacial score (nSPS) is 10.6. The maximum Gasteiger partial charge on any atom is 0.276 e. The molecule has 0 fully saturated rings. The molecule has 0 aliphatic carbocycles. The van der Waals surface area contributed by atoms with Crippen LogP contribution in [0.25, 0.3) is 0 Å². The van der Waals surface area contributed by atoms with Crippen LogP contribution in [0.2, 0.25) is 5.02 Å². The summed E-state index contributed by atoms with van der Waals surface area (Å²) in [4.78, 5) is 10.8. The Morgan fingerprint density at radius 2 is 2.10 bits per heavy atom. The van der Waals surface area contributed by atoms with Crippen LogP contribution in [0, 0.1) is 0 Å². The first-order valence-corrected chi connectivity index (χ1v) is 7.83. The fraction of sp³-hybridized carbons (Fsp3) is 0.357. The number of nitrogens with zero attached hydrogens (tertiary/aromatic N) is 2. The largest absolute Gasteiger partial charge is 0.484 e. The third kappa shape index (κ3) is 5.77. The van der Waals surface area contributed by atoms with E-state index in [2.05, 4.69) is 10.2 Å². The van der Waals surface area contributed by atoms with Gasteiger partial charge in [0.05, 0.1) is 0 Å². The van der Waals surface area contributed by atoms with E-state index in [0.717, 1.165) is 12.2 Å². The van der Waals surface area contributed by atoms with Crippen LogP contribution in [0.3, 0.4) is 0 Å². The van der Waals surface area contributed by atoms with Gasteiger partial charge in [0.1, 0.15) is 11.5 Å². The molecule has 112 valence electrons. The van der Waals surface area contributed by atoms with E-state index in [1.165, 1.54) is 11.8 Å². The van der Waals surface area contributed by atoms with E-state index in [4.69, 9.17) is 20.8 Å². The molecule has 0 spiro atoms. The van der Waals surface area contributed by atoms with Crippen molar-refractivity contribution in [3.05, 3.63) is 35.2 Å². The minimum Gasteiger partial charge on any atom is -0.484 e. The van der Waals surface area contributed by atoms with Crippen molar-refractivity contribution in [3.63, 3.8) is 0 Å². The molecule has 1 heterocycles. The Bertz CT molecular complexity index is 586. The van der Waals surface area contributed by atoms with Crippen molar-refractivity contribution in [2.24, 2.45) is 0 Å². The first kappa shape index (κ1) is 15.9. The highest BCUT2D eigenvalue weighted by Crippen LogP contribution is 2.20. The van der Waals surface area contributed by atoms with Gasteiger partial charge in [0.25, 0.3) is 11.1 Å². The van der Waals surface area contributed by atoms with Gasteiger partial charge in [0, 0.05) is 17.2 Å². The molecule has 0 saturated heterocycles. The van der Waals surface area contributed by atoms with E-state index in [1.807, 2.05) is 0 Å². The fourth-order valence-corrected chi connectivity index (χ4v) is 2.35. The summed E-state index contributed by atoms with van der Waals surface area (Å²) >= 11 is 7.23. The molecule has 0 saturated carbocycles. The van der Waals surface area contributed by atoms with E-state index >= 15 is 0 Å². The predicted octanol–water partition coefficient (Wildman–Crippen LogP) is 3.76. The van der Waals surface area contributed by atoms with Gasteiger partial charge >= 0.3 is 0 Å². The van der Waals surface area contributed by atoms with E-state index in [-0.39, 0.29) is 12.4 Å². The Hall–Kier alpha value is -1.53. The number of hydrogen-bond acceptors (Lipinski definition) is 6. The maximum atomic E-state index is 10.8. The van der Waals surface area contributed by atoms with E-state index in [9.17, 15) is 4.79 Å². The van der Waals surface area contributed by atoms with E-state index in [0.29, 0.717) is 28.3 Å². The van der Waals surface area contributed by atoms with Crippen LogP contribution in [0.1, 0.15) is 25.7 Å². The number of thioether (sulfide) groups is 1. The van der Waals surface area contributed by atoms with Crippen LogP contribution in [-0.4, -0.2) is 21.7 Å². The number of ketones is 1. The lowest BCUT2D eigenvalue weighted by molar-refractivity contribution is -0.117. The molecule has 1 aromatic carbocycles. The molecule has 7 heteroatoms. The SMILES string of the molecule is CC(=O)CCCSc1nnc(COc2ccc(Cl)cc2)o1. The molecule has 0 aliphatic heterocycles. The lowest BCUT2D eigenvalue weighted by Crippen LogP contribution is -1.95. The maximum absolute atomic E-state index is 10.8. The average Bonchev–Trinajstić information content (AvgIpc) is 2.91. The van der Waals surface area contributed by atoms with Gasteiger partial charge in [-0.2, -0.15) is 0 Å². The third-order valence-corrected chi connectivity index (χ3v) is 3.68. The predicted molar refractivity (Wildman–Crippen MR) is 80.7 cm³/mol. The highest BCUT2D eigenvalue weighted by molar-refractivity contribution is 7.99. The summed E-state index contributed by atoms with van der Waals surface area (Å²) in [5.74, 6) is 2.07. The molecule has 1 aromatic heterocycles. The third-order valence-electron chi connectivity index (χ3n) is 2.52. The summed E-state index contributed by atoms with van der Waals surface area (Å²) in [6.07, 6.45) is 1.38. The molecule has 5 nitrogen and oxygen atoms in total. The molecule has 2 rings (SSSR count). The molecule has 0 unspecified atom stereocenters. The second-order valence-corrected chi connectivity index (χ2v) is 5.84. The zero-order valence-corrected chi connectivity index (χ0v) is 13.1. The first-order chi connectivity index (χ1) is 10.1. The molecule has 0 aliphatic rings. The minimum absolute atomic E-state index is 0.193. The van der Waals surface area contributed by atoms with Crippen molar-refractivity contribution in [1.82, 2.24) is 10.2 Å². The molecular weight excluding hydrogens is 312 g/mol. The summed E-state index contributed by atoms with van der Waals surface area (Å²) in [6.45, 7) is 1.80. The Balaban J connectivity index is 1.75. The van der Waals surface area contributed by atoms with Gasteiger partial charge < -0.3 is 13.9 Å². The average molecular weight is 327 g/mol. The van der Waals surface area contributed by atoms with Crippen molar-refractivity contribution in [3.8, 4) is 5.75 Å². The van der Waals surface area contributed by atoms with Crippen molar-refractivity contribution in [2.75, 3.05) is 5.75 Å². The van der Waals surface area contributed by atoms with Gasteiger partial charge in [-0.25, -0.2) is 0 Å². The highest BCUT2D eigenvalue weighted by Gasteiger charge is 2.07. The van der Waals surface area contributed by atoms with Crippen molar-refractivity contribution in [2.45, 2.75) is 31.6 Å². The van der Waals surface area contributed by atoms with Crippen LogP contribution in [0.5, 0.6) is 5.75 Å². The number of Topliss-reactive ketones (excluding diaryl/α,β-unsaturated/α-hetero) is 1. The van der Waals surface area contributed by atoms with Crippen LogP contribution in [0.15, 0.2) is 33.9 Å². The van der Waals surface area contributed by atoms with E-state index in [1.54, 1.807) is 31.2 Å². The molecule has 21 heavy (non-hydrogen) atoms. The van der Waals surface area contributed by atoms with Crippen molar-refractivity contribution in [1.29, 1.82) is 0 Å². The number of carbonyl (C=O) groups is 1. The van der Waals surface area contributed by atoms with Gasteiger partial charge in [-0.1, -0.05) is 23.4 Å². The standard InChI is InChI=1S/C14H15ClN2O3S/c1-10(18)3-2-8-21-14-17-16-13(20-14)9-19-12-6-4-11(15)5-7-12/h4-7H,2-3,8-9H2,1H3. The molecule has 0 amide bonds. The second kappa shape index (κ2) is 8.05. The Morgan fingerprint density at radius 3 is 2.81 bits per heavy atom. The van der Waals surface area contributed by atoms with Gasteiger partial charge in [0.2, 0.25) is 0 Å². The Kier molecular flexibility index (Phi) is 6.07. The summed E-state index contributed by atoms with van der Waals surface area (Å²) < 4.78 is 10.9. The minimum atomic E-state index is 0.193. The molecule has 0 N–H and O–H groups in total. The quantitative estimate of drug-likeness (QED) is 0.543. The van der Waals surface area contributed by atoms with Crippen molar-refractivity contribution < 1.29 is 13.9 Å². The summed E-state index contributed by atoms with van der Waals surface area (Å²) in [5.41, 5.74) is 0. The monoisotopic (exact) mass is 326 g/mol. The number of halogens is 1.